The molecule has 35 heavy (non-hydrogen) atoms. The molecular formula is C28H37N5OS. The second-order valence-electron chi connectivity index (χ2n) is 9.38. The standard InChI is InChI=1S/C28H37N5OS/c1-22-14-16-24(17-15-22)27-30-31-28(33(27)25-11-4-3-5-12-25)35-21-8-13-26(34)29-18-9-20-32-19-7-6-10-23(32)2/h3-5,11-12,14-17,23H,6-10,13,18-21H2,1-2H3,(H,29,34). The molecule has 3 aromatic rings. The molecule has 6 nitrogen and oxygen atoms in total. The van der Waals surface area contributed by atoms with Crippen molar-refractivity contribution in [3.63, 3.8) is 0 Å². The summed E-state index contributed by atoms with van der Waals surface area (Å²) in [4.78, 5) is 14.9. The number of nitrogens with zero attached hydrogens (tertiary/aromatic N) is 4. The van der Waals surface area contributed by atoms with E-state index in [9.17, 15) is 4.79 Å². The van der Waals surface area contributed by atoms with E-state index in [1.54, 1.807) is 11.8 Å². The molecule has 1 aromatic heterocycles. The Morgan fingerprint density at radius 2 is 1.86 bits per heavy atom. The lowest BCUT2D eigenvalue weighted by Gasteiger charge is -2.33. The Balaban J connectivity index is 1.26. The van der Waals surface area contributed by atoms with Gasteiger partial charge in [0.25, 0.3) is 0 Å². The third-order valence-electron chi connectivity index (χ3n) is 6.62. The Morgan fingerprint density at radius 1 is 1.06 bits per heavy atom. The zero-order valence-corrected chi connectivity index (χ0v) is 21.8. The molecule has 1 fully saturated rings. The first-order chi connectivity index (χ1) is 17.1. The fourth-order valence-electron chi connectivity index (χ4n) is 4.55. The number of aryl methyl sites for hydroxylation is 1. The van der Waals surface area contributed by atoms with Crippen LogP contribution in [0.25, 0.3) is 17.1 Å². The summed E-state index contributed by atoms with van der Waals surface area (Å²) >= 11 is 1.65. The van der Waals surface area contributed by atoms with Crippen LogP contribution in [0.4, 0.5) is 0 Å². The molecule has 1 aliphatic rings. The van der Waals surface area contributed by atoms with Crippen molar-refractivity contribution in [1.29, 1.82) is 0 Å². The van der Waals surface area contributed by atoms with Gasteiger partial charge in [-0.1, -0.05) is 66.2 Å². The van der Waals surface area contributed by atoms with E-state index >= 15 is 0 Å². The van der Waals surface area contributed by atoms with Gasteiger partial charge in [-0.3, -0.25) is 9.36 Å². The SMILES string of the molecule is Cc1ccc(-c2nnc(SCCCC(=O)NCCCN3CCCCC3C)n2-c2ccccc2)cc1. The molecule has 1 aliphatic heterocycles. The quantitative estimate of drug-likeness (QED) is 0.284. The molecule has 1 amide bonds. The highest BCUT2D eigenvalue weighted by atomic mass is 32.2. The van der Waals surface area contributed by atoms with Gasteiger partial charge in [-0.15, -0.1) is 10.2 Å². The van der Waals surface area contributed by atoms with Crippen LogP contribution in [0.5, 0.6) is 0 Å². The van der Waals surface area contributed by atoms with E-state index in [4.69, 9.17) is 0 Å². The number of carbonyl (C=O) groups excluding carboxylic acids is 1. The number of benzene rings is 2. The molecule has 1 unspecified atom stereocenters. The maximum atomic E-state index is 12.3. The largest absolute Gasteiger partial charge is 0.356 e. The molecule has 0 spiro atoms. The highest BCUT2D eigenvalue weighted by Gasteiger charge is 2.18. The summed E-state index contributed by atoms with van der Waals surface area (Å²) in [5.74, 6) is 1.79. The lowest BCUT2D eigenvalue weighted by molar-refractivity contribution is -0.121. The van der Waals surface area contributed by atoms with Crippen molar-refractivity contribution >= 4 is 17.7 Å². The van der Waals surface area contributed by atoms with Crippen molar-refractivity contribution in [3.8, 4) is 17.1 Å². The summed E-state index contributed by atoms with van der Waals surface area (Å²) in [6.07, 6.45) is 6.32. The van der Waals surface area contributed by atoms with Crippen molar-refractivity contribution < 1.29 is 4.79 Å². The van der Waals surface area contributed by atoms with Gasteiger partial charge in [-0.25, -0.2) is 0 Å². The van der Waals surface area contributed by atoms with E-state index in [1.807, 2.05) is 18.2 Å². The molecule has 1 N–H and O–H groups in total. The van der Waals surface area contributed by atoms with Gasteiger partial charge in [0.05, 0.1) is 0 Å². The molecule has 186 valence electrons. The molecule has 4 rings (SSSR count). The van der Waals surface area contributed by atoms with Crippen LogP contribution in [0, 0.1) is 6.92 Å². The minimum absolute atomic E-state index is 0.141. The van der Waals surface area contributed by atoms with Gasteiger partial charge in [-0.05, 0) is 58.2 Å². The predicted molar refractivity (Wildman–Crippen MR) is 144 cm³/mol. The zero-order valence-electron chi connectivity index (χ0n) is 20.9. The van der Waals surface area contributed by atoms with Crippen molar-refractivity contribution in [2.75, 3.05) is 25.4 Å². The number of hydrogen-bond donors (Lipinski definition) is 1. The second kappa shape index (κ2) is 12.9. The van der Waals surface area contributed by atoms with Crippen molar-refractivity contribution in [1.82, 2.24) is 25.0 Å². The number of likely N-dealkylation sites (tertiary alicyclic amines) is 1. The highest BCUT2D eigenvalue weighted by molar-refractivity contribution is 7.99. The number of amides is 1. The fourth-order valence-corrected chi connectivity index (χ4v) is 5.44. The molecule has 1 atom stereocenters. The van der Waals surface area contributed by atoms with Gasteiger partial charge < -0.3 is 10.2 Å². The molecule has 0 radical (unpaired) electrons. The Hall–Kier alpha value is -2.64. The van der Waals surface area contributed by atoms with Crippen LogP contribution in [0.1, 0.15) is 51.0 Å². The molecule has 2 heterocycles. The lowest BCUT2D eigenvalue weighted by Crippen LogP contribution is -2.39. The first-order valence-electron chi connectivity index (χ1n) is 12.8. The molecule has 1 saturated heterocycles. The first kappa shape index (κ1) is 25.5. The predicted octanol–water partition coefficient (Wildman–Crippen LogP) is 5.50. The third-order valence-corrected chi connectivity index (χ3v) is 7.64. The van der Waals surface area contributed by atoms with Crippen molar-refractivity contribution in [2.45, 2.75) is 63.6 Å². The van der Waals surface area contributed by atoms with Crippen LogP contribution in [0.3, 0.4) is 0 Å². The summed E-state index contributed by atoms with van der Waals surface area (Å²) in [6, 6.07) is 19.3. The molecule has 0 aliphatic carbocycles. The maximum absolute atomic E-state index is 12.3. The van der Waals surface area contributed by atoms with Gasteiger partial charge in [0.15, 0.2) is 11.0 Å². The number of aromatic nitrogens is 3. The van der Waals surface area contributed by atoms with Gasteiger partial charge in [0, 0.05) is 42.6 Å². The molecule has 0 bridgehead atoms. The minimum Gasteiger partial charge on any atom is -0.356 e. The number of hydrogen-bond acceptors (Lipinski definition) is 5. The Kier molecular flexibility index (Phi) is 9.37. The van der Waals surface area contributed by atoms with Crippen molar-refractivity contribution in [3.05, 3.63) is 60.2 Å². The minimum atomic E-state index is 0.141. The average Bonchev–Trinajstić information content (AvgIpc) is 3.30. The first-order valence-corrected chi connectivity index (χ1v) is 13.8. The third kappa shape index (κ3) is 7.18. The number of para-hydroxylation sites is 1. The number of carbonyl (C=O) groups is 1. The number of piperidine rings is 1. The van der Waals surface area contributed by atoms with Crippen molar-refractivity contribution in [2.24, 2.45) is 0 Å². The topological polar surface area (TPSA) is 63.1 Å². The second-order valence-corrected chi connectivity index (χ2v) is 10.4. The van der Waals surface area contributed by atoms with E-state index in [-0.39, 0.29) is 5.91 Å². The Bertz CT molecular complexity index is 1070. The van der Waals surface area contributed by atoms with Gasteiger partial charge >= 0.3 is 0 Å². The van der Waals surface area contributed by atoms with E-state index in [0.717, 1.165) is 53.9 Å². The van der Waals surface area contributed by atoms with Crippen LogP contribution in [-0.4, -0.2) is 57.0 Å². The Morgan fingerprint density at radius 3 is 2.63 bits per heavy atom. The van der Waals surface area contributed by atoms with E-state index < -0.39 is 0 Å². The van der Waals surface area contributed by atoms with Gasteiger partial charge in [-0.2, -0.15) is 0 Å². The summed E-state index contributed by atoms with van der Waals surface area (Å²) < 4.78 is 2.11. The van der Waals surface area contributed by atoms with Gasteiger partial charge in [0.2, 0.25) is 5.91 Å². The maximum Gasteiger partial charge on any atom is 0.220 e. The lowest BCUT2D eigenvalue weighted by atomic mass is 10.0. The molecule has 7 heteroatoms. The highest BCUT2D eigenvalue weighted by Crippen LogP contribution is 2.28. The van der Waals surface area contributed by atoms with Crippen LogP contribution in [0.2, 0.25) is 0 Å². The monoisotopic (exact) mass is 491 g/mol. The van der Waals surface area contributed by atoms with Gasteiger partial charge in [0.1, 0.15) is 0 Å². The normalized spacial score (nSPS) is 16.3. The van der Waals surface area contributed by atoms with E-state index in [1.165, 1.54) is 31.4 Å². The molecular weight excluding hydrogens is 454 g/mol. The van der Waals surface area contributed by atoms with Crippen LogP contribution in [0.15, 0.2) is 59.8 Å². The van der Waals surface area contributed by atoms with Crippen LogP contribution < -0.4 is 5.32 Å². The van der Waals surface area contributed by atoms with Crippen LogP contribution in [-0.2, 0) is 4.79 Å². The summed E-state index contributed by atoms with van der Waals surface area (Å²) in [6.45, 7) is 7.44. The molecule has 0 saturated carbocycles. The summed E-state index contributed by atoms with van der Waals surface area (Å²) in [5.41, 5.74) is 3.29. The smallest absolute Gasteiger partial charge is 0.220 e. The van der Waals surface area contributed by atoms with Crippen LogP contribution >= 0.6 is 11.8 Å². The number of rotatable bonds is 11. The average molecular weight is 492 g/mol. The summed E-state index contributed by atoms with van der Waals surface area (Å²) in [7, 11) is 0. The fraction of sp³-hybridized carbons (Fsp3) is 0.464. The zero-order chi connectivity index (χ0) is 24.5. The van der Waals surface area contributed by atoms with E-state index in [0.29, 0.717) is 12.5 Å². The number of thioether (sulfide) groups is 1. The number of nitrogens with one attached hydrogen (secondary N) is 1. The Labute approximate surface area is 213 Å². The summed E-state index contributed by atoms with van der Waals surface area (Å²) in [5, 5.41) is 12.9. The molecule has 2 aromatic carbocycles. The van der Waals surface area contributed by atoms with E-state index in [2.05, 4.69) is 75.2 Å².